The van der Waals surface area contributed by atoms with Crippen LogP contribution in [0.25, 0.3) is 0 Å². The van der Waals surface area contributed by atoms with Crippen molar-refractivity contribution in [1.82, 2.24) is 0 Å². The van der Waals surface area contributed by atoms with E-state index in [4.69, 9.17) is 4.74 Å². The summed E-state index contributed by atoms with van der Waals surface area (Å²) in [7, 11) is 0. The SMILES string of the molecule is CC(Oc1ccc(Br)cc1F)C(=O)N1c2ccccc2CC1C. The number of carbonyl (C=O) groups is 1. The van der Waals surface area contributed by atoms with E-state index >= 15 is 0 Å². The summed E-state index contributed by atoms with van der Waals surface area (Å²) in [6.07, 6.45) is 0.0562. The van der Waals surface area contributed by atoms with Crippen LogP contribution >= 0.6 is 15.9 Å². The zero-order valence-corrected chi connectivity index (χ0v) is 14.5. The van der Waals surface area contributed by atoms with Crippen LogP contribution in [0.1, 0.15) is 19.4 Å². The van der Waals surface area contributed by atoms with Crippen LogP contribution in [0.5, 0.6) is 5.75 Å². The van der Waals surface area contributed by atoms with E-state index in [1.807, 2.05) is 31.2 Å². The molecule has 23 heavy (non-hydrogen) atoms. The lowest BCUT2D eigenvalue weighted by Crippen LogP contribution is -2.43. The molecule has 3 rings (SSSR count). The number of hydrogen-bond acceptors (Lipinski definition) is 2. The van der Waals surface area contributed by atoms with E-state index in [2.05, 4.69) is 15.9 Å². The molecule has 2 aromatic rings. The van der Waals surface area contributed by atoms with Crippen LogP contribution in [-0.4, -0.2) is 18.1 Å². The van der Waals surface area contributed by atoms with Gasteiger partial charge in [-0.25, -0.2) is 4.39 Å². The zero-order chi connectivity index (χ0) is 16.6. The molecule has 1 amide bonds. The molecular formula is C18H17BrFNO2. The van der Waals surface area contributed by atoms with E-state index in [0.29, 0.717) is 4.47 Å². The van der Waals surface area contributed by atoms with Gasteiger partial charge in [-0.1, -0.05) is 34.1 Å². The first-order chi connectivity index (χ1) is 11.0. The highest BCUT2D eigenvalue weighted by Crippen LogP contribution is 2.33. The van der Waals surface area contributed by atoms with E-state index in [-0.39, 0.29) is 17.7 Å². The number of hydrogen-bond donors (Lipinski definition) is 0. The van der Waals surface area contributed by atoms with Crippen LogP contribution < -0.4 is 9.64 Å². The van der Waals surface area contributed by atoms with E-state index in [9.17, 15) is 9.18 Å². The van der Waals surface area contributed by atoms with Crippen molar-refractivity contribution in [3.63, 3.8) is 0 Å². The van der Waals surface area contributed by atoms with Crippen LogP contribution in [0, 0.1) is 5.82 Å². The molecule has 0 saturated carbocycles. The second-order valence-electron chi connectivity index (χ2n) is 5.72. The van der Waals surface area contributed by atoms with E-state index in [1.54, 1.807) is 17.9 Å². The molecule has 0 aromatic heterocycles. The van der Waals surface area contributed by atoms with E-state index in [1.165, 1.54) is 12.1 Å². The summed E-state index contributed by atoms with van der Waals surface area (Å²) in [5, 5.41) is 0. The zero-order valence-electron chi connectivity index (χ0n) is 12.9. The van der Waals surface area contributed by atoms with Crippen LogP contribution in [-0.2, 0) is 11.2 Å². The number of fused-ring (bicyclic) bond motifs is 1. The number of ether oxygens (including phenoxy) is 1. The highest BCUT2D eigenvalue weighted by Gasteiger charge is 2.34. The topological polar surface area (TPSA) is 29.5 Å². The molecule has 0 saturated heterocycles. The third kappa shape index (κ3) is 3.11. The van der Waals surface area contributed by atoms with E-state index < -0.39 is 11.9 Å². The molecule has 3 nitrogen and oxygen atoms in total. The minimum absolute atomic E-state index is 0.0701. The average Bonchev–Trinajstić information content (AvgIpc) is 2.85. The maximum absolute atomic E-state index is 13.9. The summed E-state index contributed by atoms with van der Waals surface area (Å²) in [5.41, 5.74) is 2.06. The number of carbonyl (C=O) groups excluding carboxylic acids is 1. The summed E-state index contributed by atoms with van der Waals surface area (Å²) in [6.45, 7) is 3.66. The highest BCUT2D eigenvalue weighted by molar-refractivity contribution is 9.10. The van der Waals surface area contributed by atoms with Crippen molar-refractivity contribution in [2.24, 2.45) is 0 Å². The standard InChI is InChI=1S/C18H17BrFNO2/c1-11-9-13-5-3-4-6-16(13)21(11)18(22)12(2)23-17-8-7-14(19)10-15(17)20/h3-8,10-12H,9H2,1-2H3. The van der Waals surface area contributed by atoms with Crippen molar-refractivity contribution in [2.45, 2.75) is 32.4 Å². The monoisotopic (exact) mass is 377 g/mol. The molecule has 1 aliphatic rings. The minimum Gasteiger partial charge on any atom is -0.478 e. The van der Waals surface area contributed by atoms with Gasteiger partial charge in [0.15, 0.2) is 17.7 Å². The van der Waals surface area contributed by atoms with Gasteiger partial charge in [-0.05, 0) is 50.1 Å². The molecule has 120 valence electrons. The predicted octanol–water partition coefficient (Wildman–Crippen LogP) is 4.33. The number of nitrogens with zero attached hydrogens (tertiary/aromatic N) is 1. The van der Waals surface area contributed by atoms with Crippen molar-refractivity contribution in [2.75, 3.05) is 4.90 Å². The number of para-hydroxylation sites is 1. The lowest BCUT2D eigenvalue weighted by molar-refractivity contribution is -0.125. The van der Waals surface area contributed by atoms with Gasteiger partial charge >= 0.3 is 0 Å². The lowest BCUT2D eigenvalue weighted by atomic mass is 10.1. The summed E-state index contributed by atoms with van der Waals surface area (Å²) in [4.78, 5) is 14.5. The number of anilines is 1. The Morgan fingerprint density at radius 1 is 1.35 bits per heavy atom. The Morgan fingerprint density at radius 3 is 2.83 bits per heavy atom. The molecule has 0 N–H and O–H groups in total. The first-order valence-corrected chi connectivity index (χ1v) is 8.29. The fraction of sp³-hybridized carbons (Fsp3) is 0.278. The maximum atomic E-state index is 13.9. The van der Waals surface area contributed by atoms with Gasteiger partial charge in [-0.15, -0.1) is 0 Å². The molecular weight excluding hydrogens is 361 g/mol. The fourth-order valence-electron chi connectivity index (χ4n) is 2.91. The average molecular weight is 378 g/mol. The Balaban J connectivity index is 1.80. The summed E-state index contributed by atoms with van der Waals surface area (Å²) in [5.74, 6) is -0.576. The van der Waals surface area contributed by atoms with Crippen LogP contribution in [0.15, 0.2) is 46.9 Å². The smallest absolute Gasteiger partial charge is 0.268 e. The van der Waals surface area contributed by atoms with Gasteiger partial charge in [0.05, 0.1) is 0 Å². The molecule has 2 unspecified atom stereocenters. The van der Waals surface area contributed by atoms with Crippen LogP contribution in [0.3, 0.4) is 0 Å². The Hall–Kier alpha value is -1.88. The number of amides is 1. The number of benzene rings is 2. The van der Waals surface area contributed by atoms with Crippen molar-refractivity contribution in [3.8, 4) is 5.75 Å². The van der Waals surface area contributed by atoms with Gasteiger partial charge in [0.2, 0.25) is 0 Å². The van der Waals surface area contributed by atoms with Gasteiger partial charge in [-0.3, -0.25) is 4.79 Å². The Morgan fingerprint density at radius 2 is 2.09 bits per heavy atom. The van der Waals surface area contributed by atoms with Crippen molar-refractivity contribution >= 4 is 27.5 Å². The van der Waals surface area contributed by atoms with Gasteiger partial charge in [0.1, 0.15) is 0 Å². The van der Waals surface area contributed by atoms with E-state index in [0.717, 1.165) is 17.7 Å². The molecule has 0 bridgehead atoms. The van der Waals surface area contributed by atoms with Crippen molar-refractivity contribution in [1.29, 1.82) is 0 Å². The Bertz CT molecular complexity index is 750. The Kier molecular flexibility index (Phi) is 4.39. The van der Waals surface area contributed by atoms with Crippen molar-refractivity contribution < 1.29 is 13.9 Å². The molecule has 2 aromatic carbocycles. The van der Waals surface area contributed by atoms with Gasteiger partial charge in [0, 0.05) is 16.2 Å². The molecule has 5 heteroatoms. The minimum atomic E-state index is -0.765. The third-order valence-electron chi connectivity index (χ3n) is 3.99. The second kappa shape index (κ2) is 6.32. The second-order valence-corrected chi connectivity index (χ2v) is 6.64. The lowest BCUT2D eigenvalue weighted by Gasteiger charge is -2.26. The number of rotatable bonds is 3. The summed E-state index contributed by atoms with van der Waals surface area (Å²) < 4.78 is 20.1. The molecule has 1 aliphatic heterocycles. The van der Waals surface area contributed by atoms with Gasteiger partial charge in [0.25, 0.3) is 5.91 Å². The Labute approximate surface area is 143 Å². The largest absolute Gasteiger partial charge is 0.478 e. The third-order valence-corrected chi connectivity index (χ3v) is 4.48. The van der Waals surface area contributed by atoms with Crippen LogP contribution in [0.4, 0.5) is 10.1 Å². The molecule has 2 atom stereocenters. The molecule has 0 fully saturated rings. The summed E-state index contributed by atoms with van der Waals surface area (Å²) in [6, 6.07) is 12.4. The van der Waals surface area contributed by atoms with Gasteiger partial charge < -0.3 is 9.64 Å². The first-order valence-electron chi connectivity index (χ1n) is 7.50. The fourth-order valence-corrected chi connectivity index (χ4v) is 3.24. The van der Waals surface area contributed by atoms with Gasteiger partial charge in [-0.2, -0.15) is 0 Å². The normalized spacial score (nSPS) is 17.7. The summed E-state index contributed by atoms with van der Waals surface area (Å²) >= 11 is 3.20. The quantitative estimate of drug-likeness (QED) is 0.796. The molecule has 0 radical (unpaired) electrons. The number of halogens is 2. The molecule has 0 spiro atoms. The van der Waals surface area contributed by atoms with Crippen LogP contribution in [0.2, 0.25) is 0 Å². The first kappa shape index (κ1) is 16.0. The molecule has 0 aliphatic carbocycles. The van der Waals surface area contributed by atoms with Crippen molar-refractivity contribution in [3.05, 3.63) is 58.3 Å². The maximum Gasteiger partial charge on any atom is 0.268 e. The molecule has 1 heterocycles. The highest BCUT2D eigenvalue weighted by atomic mass is 79.9. The predicted molar refractivity (Wildman–Crippen MR) is 91.3 cm³/mol.